The lowest BCUT2D eigenvalue weighted by Crippen LogP contribution is -2.44. The molecule has 2 aromatic rings. The predicted octanol–water partition coefficient (Wildman–Crippen LogP) is 3.46. The van der Waals surface area contributed by atoms with Crippen LogP contribution in [-0.4, -0.2) is 59.7 Å². The van der Waals surface area contributed by atoms with Crippen molar-refractivity contribution in [1.82, 2.24) is 19.7 Å². The predicted molar refractivity (Wildman–Crippen MR) is 134 cm³/mol. The maximum atomic E-state index is 5.83. The highest BCUT2D eigenvalue weighted by Crippen LogP contribution is 2.15. The smallest absolute Gasteiger partial charge is 0.194 e. The number of aromatic nitrogens is 1. The van der Waals surface area contributed by atoms with Crippen molar-refractivity contribution in [3.63, 3.8) is 0 Å². The molecular formula is C23H36IN5O. The van der Waals surface area contributed by atoms with Gasteiger partial charge >= 0.3 is 0 Å². The number of hydrogen-bond acceptors (Lipinski definition) is 3. The average molecular weight is 525 g/mol. The van der Waals surface area contributed by atoms with Crippen LogP contribution in [0, 0.1) is 0 Å². The van der Waals surface area contributed by atoms with Crippen molar-refractivity contribution in [3.05, 3.63) is 59.4 Å². The molecule has 30 heavy (non-hydrogen) atoms. The van der Waals surface area contributed by atoms with Gasteiger partial charge in [0.05, 0.1) is 18.8 Å². The SMILES string of the molecule is CN=C(NCc1ccc(CN2CC(C)OC(C)C2)cc1)N(C)Cc1cccn1C.I. The van der Waals surface area contributed by atoms with Gasteiger partial charge in [-0.2, -0.15) is 0 Å². The van der Waals surface area contributed by atoms with Crippen LogP contribution in [0.4, 0.5) is 0 Å². The number of hydrogen-bond donors (Lipinski definition) is 1. The summed E-state index contributed by atoms with van der Waals surface area (Å²) in [6.45, 7) is 8.86. The maximum absolute atomic E-state index is 5.83. The fourth-order valence-electron chi connectivity index (χ4n) is 3.98. The molecule has 0 bridgehead atoms. The Morgan fingerprint density at radius 3 is 2.33 bits per heavy atom. The van der Waals surface area contributed by atoms with E-state index in [1.807, 2.05) is 7.05 Å². The minimum atomic E-state index is 0. The highest BCUT2D eigenvalue weighted by molar-refractivity contribution is 14.0. The molecule has 1 aliphatic heterocycles. The molecule has 2 heterocycles. The van der Waals surface area contributed by atoms with Crippen LogP contribution in [-0.2, 0) is 31.4 Å². The summed E-state index contributed by atoms with van der Waals surface area (Å²) in [4.78, 5) is 9.05. The summed E-state index contributed by atoms with van der Waals surface area (Å²) in [6, 6.07) is 13.1. The first kappa shape index (κ1) is 24.7. The molecule has 1 aliphatic rings. The van der Waals surface area contributed by atoms with E-state index in [2.05, 4.69) is 95.2 Å². The first-order chi connectivity index (χ1) is 13.9. The lowest BCUT2D eigenvalue weighted by atomic mass is 10.1. The molecule has 1 N–H and O–H groups in total. The number of halogens is 1. The van der Waals surface area contributed by atoms with E-state index < -0.39 is 0 Å². The third-order valence-electron chi connectivity index (χ3n) is 5.40. The van der Waals surface area contributed by atoms with Crippen LogP contribution in [0.3, 0.4) is 0 Å². The van der Waals surface area contributed by atoms with Crippen molar-refractivity contribution in [2.24, 2.45) is 12.0 Å². The van der Waals surface area contributed by atoms with Gasteiger partial charge in [0.25, 0.3) is 0 Å². The highest BCUT2D eigenvalue weighted by atomic mass is 127. The van der Waals surface area contributed by atoms with Gasteiger partial charge < -0.3 is 19.5 Å². The van der Waals surface area contributed by atoms with Crippen molar-refractivity contribution in [2.45, 2.75) is 45.7 Å². The Labute approximate surface area is 198 Å². The van der Waals surface area contributed by atoms with E-state index in [4.69, 9.17) is 4.74 Å². The van der Waals surface area contributed by atoms with Crippen LogP contribution in [0.25, 0.3) is 0 Å². The average Bonchev–Trinajstić information content (AvgIpc) is 3.07. The molecule has 1 fully saturated rings. The number of aryl methyl sites for hydroxylation is 1. The standard InChI is InChI=1S/C23H35N5O.HI/c1-18-14-28(15-19(2)29-18)16-21-10-8-20(9-11-21)13-25-23(24-3)27(5)17-22-7-6-12-26(22)4;/h6-12,18-19H,13-17H2,1-5H3,(H,24,25);1H. The lowest BCUT2D eigenvalue weighted by Gasteiger charge is -2.35. The van der Waals surface area contributed by atoms with Crippen molar-refractivity contribution in [3.8, 4) is 0 Å². The van der Waals surface area contributed by atoms with Crippen LogP contribution in [0.2, 0.25) is 0 Å². The molecule has 6 nitrogen and oxygen atoms in total. The molecule has 7 heteroatoms. The molecule has 0 saturated carbocycles. The molecule has 2 unspecified atom stereocenters. The fourth-order valence-corrected chi connectivity index (χ4v) is 3.98. The number of morpholine rings is 1. The van der Waals surface area contributed by atoms with Gasteiger partial charge in [0.1, 0.15) is 0 Å². The molecule has 0 amide bonds. The summed E-state index contributed by atoms with van der Waals surface area (Å²) in [5, 5.41) is 3.47. The number of aliphatic imine (C=N–C) groups is 1. The molecule has 2 atom stereocenters. The fraction of sp³-hybridized carbons (Fsp3) is 0.522. The Morgan fingerprint density at radius 1 is 1.13 bits per heavy atom. The van der Waals surface area contributed by atoms with Crippen molar-refractivity contribution < 1.29 is 4.74 Å². The first-order valence-electron chi connectivity index (χ1n) is 10.4. The van der Waals surface area contributed by atoms with Gasteiger partial charge in [-0.15, -0.1) is 24.0 Å². The maximum Gasteiger partial charge on any atom is 0.194 e. The molecule has 166 valence electrons. The van der Waals surface area contributed by atoms with E-state index in [0.29, 0.717) is 12.2 Å². The zero-order valence-electron chi connectivity index (χ0n) is 18.8. The molecule has 0 radical (unpaired) electrons. The second-order valence-electron chi connectivity index (χ2n) is 8.14. The van der Waals surface area contributed by atoms with E-state index in [-0.39, 0.29) is 24.0 Å². The summed E-state index contributed by atoms with van der Waals surface area (Å²) < 4.78 is 7.97. The van der Waals surface area contributed by atoms with Crippen molar-refractivity contribution in [2.75, 3.05) is 27.2 Å². The summed E-state index contributed by atoms with van der Waals surface area (Å²) in [7, 11) is 5.96. The van der Waals surface area contributed by atoms with Crippen LogP contribution >= 0.6 is 24.0 Å². The highest BCUT2D eigenvalue weighted by Gasteiger charge is 2.21. The monoisotopic (exact) mass is 525 g/mol. The van der Waals surface area contributed by atoms with Gasteiger partial charge in [-0.3, -0.25) is 9.89 Å². The number of nitrogens with one attached hydrogen (secondary N) is 1. The third-order valence-corrected chi connectivity index (χ3v) is 5.40. The second-order valence-corrected chi connectivity index (χ2v) is 8.14. The Hall–Kier alpha value is -1.58. The molecule has 0 spiro atoms. The molecular weight excluding hydrogens is 489 g/mol. The van der Waals surface area contributed by atoms with Crippen molar-refractivity contribution >= 4 is 29.9 Å². The summed E-state index contributed by atoms with van der Waals surface area (Å²) >= 11 is 0. The molecule has 1 aromatic carbocycles. The molecule has 3 rings (SSSR count). The van der Waals surface area contributed by atoms with Crippen LogP contribution < -0.4 is 5.32 Å². The van der Waals surface area contributed by atoms with Gasteiger partial charge in [0.2, 0.25) is 0 Å². The van der Waals surface area contributed by atoms with E-state index in [9.17, 15) is 0 Å². The number of guanidine groups is 1. The number of rotatable bonds is 6. The zero-order chi connectivity index (χ0) is 20.8. The van der Waals surface area contributed by atoms with E-state index in [1.165, 1.54) is 16.8 Å². The van der Waals surface area contributed by atoms with E-state index in [0.717, 1.165) is 38.7 Å². The zero-order valence-corrected chi connectivity index (χ0v) is 21.2. The van der Waals surface area contributed by atoms with E-state index >= 15 is 0 Å². The summed E-state index contributed by atoms with van der Waals surface area (Å²) in [5.74, 6) is 0.895. The summed E-state index contributed by atoms with van der Waals surface area (Å²) in [5.41, 5.74) is 3.86. The van der Waals surface area contributed by atoms with Crippen LogP contribution in [0.1, 0.15) is 30.7 Å². The topological polar surface area (TPSA) is 45.0 Å². The number of nitrogens with zero attached hydrogens (tertiary/aromatic N) is 4. The normalized spacial score (nSPS) is 20.0. The second kappa shape index (κ2) is 11.7. The quantitative estimate of drug-likeness (QED) is 0.357. The first-order valence-corrected chi connectivity index (χ1v) is 10.4. The van der Waals surface area contributed by atoms with Crippen LogP contribution in [0.5, 0.6) is 0 Å². The van der Waals surface area contributed by atoms with Gasteiger partial charge in [-0.05, 0) is 37.1 Å². The Bertz CT molecular complexity index is 794. The minimum absolute atomic E-state index is 0. The third kappa shape index (κ3) is 6.99. The molecule has 0 aliphatic carbocycles. The Balaban J connectivity index is 0.00000320. The van der Waals surface area contributed by atoms with Gasteiger partial charge in [0.15, 0.2) is 5.96 Å². The number of benzene rings is 1. The Morgan fingerprint density at radius 2 is 1.77 bits per heavy atom. The minimum Gasteiger partial charge on any atom is -0.373 e. The van der Waals surface area contributed by atoms with Gasteiger partial charge in [-0.1, -0.05) is 24.3 Å². The Kier molecular flexibility index (Phi) is 9.64. The molecule has 1 aromatic heterocycles. The van der Waals surface area contributed by atoms with Crippen LogP contribution in [0.15, 0.2) is 47.6 Å². The van der Waals surface area contributed by atoms with Gasteiger partial charge in [0, 0.05) is 59.2 Å². The largest absolute Gasteiger partial charge is 0.373 e. The lowest BCUT2D eigenvalue weighted by molar-refractivity contribution is -0.0704. The number of ether oxygens (including phenoxy) is 1. The van der Waals surface area contributed by atoms with Gasteiger partial charge in [-0.25, -0.2) is 0 Å². The molecule has 1 saturated heterocycles. The summed E-state index contributed by atoms with van der Waals surface area (Å²) in [6.07, 6.45) is 2.68. The van der Waals surface area contributed by atoms with Crippen molar-refractivity contribution in [1.29, 1.82) is 0 Å². The van der Waals surface area contributed by atoms with E-state index in [1.54, 1.807) is 0 Å².